The number of amides is 1. The zero-order chi connectivity index (χ0) is 21.9. The summed E-state index contributed by atoms with van der Waals surface area (Å²) in [5.74, 6) is 1.29. The van der Waals surface area contributed by atoms with Gasteiger partial charge in [0, 0.05) is 50.9 Å². The first-order valence-corrected chi connectivity index (χ1v) is 10.5. The molecule has 30 heavy (non-hydrogen) atoms. The van der Waals surface area contributed by atoms with E-state index < -0.39 is 0 Å². The normalized spacial score (nSPS) is 14.1. The van der Waals surface area contributed by atoms with E-state index in [0.29, 0.717) is 6.42 Å². The Morgan fingerprint density at radius 2 is 1.70 bits per heavy atom. The van der Waals surface area contributed by atoms with Crippen molar-refractivity contribution >= 4 is 11.6 Å². The highest BCUT2D eigenvalue weighted by Crippen LogP contribution is 2.33. The molecule has 0 unspecified atom stereocenters. The van der Waals surface area contributed by atoms with Crippen molar-refractivity contribution < 1.29 is 14.3 Å². The Morgan fingerprint density at radius 1 is 1.03 bits per heavy atom. The summed E-state index contributed by atoms with van der Waals surface area (Å²) in [6.45, 7) is 10.5. The number of aryl methyl sites for hydroxylation is 1. The van der Waals surface area contributed by atoms with Gasteiger partial charge in [-0.2, -0.15) is 0 Å². The first-order chi connectivity index (χ1) is 14.4. The molecule has 2 aromatic rings. The Bertz CT molecular complexity index is 773. The van der Waals surface area contributed by atoms with Crippen molar-refractivity contribution in [1.29, 1.82) is 0 Å². The molecule has 1 heterocycles. The molecule has 0 saturated carbocycles. The van der Waals surface area contributed by atoms with Gasteiger partial charge in [-0.1, -0.05) is 35.9 Å². The Balaban J connectivity index is 0.000000386. The van der Waals surface area contributed by atoms with Gasteiger partial charge in [0.2, 0.25) is 5.91 Å². The second kappa shape index (κ2) is 12.1. The fraction of sp³-hybridized carbons (Fsp3) is 0.458. The molecule has 1 fully saturated rings. The van der Waals surface area contributed by atoms with Crippen LogP contribution >= 0.6 is 0 Å². The van der Waals surface area contributed by atoms with Crippen molar-refractivity contribution in [3.63, 3.8) is 0 Å². The van der Waals surface area contributed by atoms with Crippen LogP contribution in [0.2, 0.25) is 0 Å². The molecule has 1 amide bonds. The number of rotatable bonds is 7. The predicted octanol–water partition coefficient (Wildman–Crippen LogP) is 3.47. The van der Waals surface area contributed by atoms with Crippen molar-refractivity contribution in [3.8, 4) is 11.5 Å². The zero-order valence-corrected chi connectivity index (χ0v) is 18.6. The van der Waals surface area contributed by atoms with Gasteiger partial charge in [-0.3, -0.25) is 9.69 Å². The van der Waals surface area contributed by atoms with Crippen LogP contribution in [-0.4, -0.2) is 56.7 Å². The summed E-state index contributed by atoms with van der Waals surface area (Å²) >= 11 is 0. The number of piperazine rings is 1. The third kappa shape index (κ3) is 7.95. The van der Waals surface area contributed by atoms with Gasteiger partial charge in [-0.05, 0) is 32.9 Å². The highest BCUT2D eigenvalue weighted by Gasteiger charge is 2.19. The quantitative estimate of drug-likeness (QED) is 0.753. The maximum absolute atomic E-state index is 10.9. The Kier molecular flexibility index (Phi) is 9.48. The molecule has 0 bridgehead atoms. The predicted molar refractivity (Wildman–Crippen MR) is 122 cm³/mol. The fourth-order valence-electron chi connectivity index (χ4n) is 3.24. The van der Waals surface area contributed by atoms with Gasteiger partial charge in [-0.25, -0.2) is 0 Å². The van der Waals surface area contributed by atoms with E-state index in [9.17, 15) is 4.79 Å². The van der Waals surface area contributed by atoms with E-state index in [1.165, 1.54) is 5.56 Å². The van der Waals surface area contributed by atoms with Crippen LogP contribution in [0.3, 0.4) is 0 Å². The van der Waals surface area contributed by atoms with Crippen molar-refractivity contribution in [2.75, 3.05) is 44.7 Å². The van der Waals surface area contributed by atoms with Gasteiger partial charge < -0.3 is 20.1 Å². The number of ether oxygens (including phenoxy) is 2. The second-order valence-corrected chi connectivity index (χ2v) is 7.70. The molecule has 6 heteroatoms. The lowest BCUT2D eigenvalue weighted by molar-refractivity contribution is -0.118. The summed E-state index contributed by atoms with van der Waals surface area (Å²) in [5.41, 5.74) is 7.67. The molecule has 3 rings (SSSR count). The number of carbonyl (C=O) groups excluding carboxylic acids is 1. The van der Waals surface area contributed by atoms with Gasteiger partial charge in [0.1, 0.15) is 0 Å². The molecule has 0 aliphatic carbocycles. The van der Waals surface area contributed by atoms with Gasteiger partial charge in [0.05, 0.1) is 13.2 Å². The Labute approximate surface area is 180 Å². The molecule has 164 valence electrons. The number of primary amides is 1. The number of methoxy groups -OCH3 is 1. The fourth-order valence-corrected chi connectivity index (χ4v) is 3.24. The van der Waals surface area contributed by atoms with Crippen molar-refractivity contribution in [1.82, 2.24) is 4.90 Å². The maximum Gasteiger partial charge on any atom is 0.218 e. The molecule has 0 aromatic heterocycles. The lowest BCUT2D eigenvalue weighted by Crippen LogP contribution is -2.47. The number of hydrogen-bond acceptors (Lipinski definition) is 5. The summed E-state index contributed by atoms with van der Waals surface area (Å²) in [6, 6.07) is 16.3. The van der Waals surface area contributed by atoms with E-state index in [1.807, 2.05) is 44.2 Å². The lowest BCUT2D eigenvalue weighted by atomic mass is 10.2. The van der Waals surface area contributed by atoms with Crippen LogP contribution in [0.5, 0.6) is 11.5 Å². The molecule has 2 N–H and O–H groups in total. The van der Waals surface area contributed by atoms with E-state index in [-0.39, 0.29) is 12.0 Å². The lowest BCUT2D eigenvalue weighted by Gasteiger charge is -2.36. The van der Waals surface area contributed by atoms with E-state index in [0.717, 1.165) is 49.9 Å². The van der Waals surface area contributed by atoms with Crippen LogP contribution in [0.1, 0.15) is 25.8 Å². The zero-order valence-electron chi connectivity index (χ0n) is 18.6. The highest BCUT2D eigenvalue weighted by molar-refractivity contribution is 5.73. The summed E-state index contributed by atoms with van der Waals surface area (Å²) in [6.07, 6.45) is 0.527. The largest absolute Gasteiger partial charge is 0.493 e. The Hall–Kier alpha value is -2.73. The smallest absolute Gasteiger partial charge is 0.218 e. The third-order valence-electron chi connectivity index (χ3n) is 4.86. The van der Waals surface area contributed by atoms with E-state index >= 15 is 0 Å². The molecule has 0 spiro atoms. The van der Waals surface area contributed by atoms with Crippen molar-refractivity contribution in [2.45, 2.75) is 33.3 Å². The molecule has 1 aliphatic heterocycles. The monoisotopic (exact) mass is 413 g/mol. The molecular formula is C24H35N3O3. The van der Waals surface area contributed by atoms with Crippen LogP contribution in [0, 0.1) is 6.92 Å². The first-order valence-electron chi connectivity index (χ1n) is 10.5. The number of anilines is 1. The molecule has 2 aromatic carbocycles. The minimum atomic E-state index is -0.238. The van der Waals surface area contributed by atoms with Crippen LogP contribution in [0.15, 0.2) is 48.5 Å². The van der Waals surface area contributed by atoms with Gasteiger partial charge in [0.25, 0.3) is 0 Å². The van der Waals surface area contributed by atoms with Crippen LogP contribution in [0.25, 0.3) is 0 Å². The third-order valence-corrected chi connectivity index (χ3v) is 4.86. The molecule has 0 atom stereocenters. The second-order valence-electron chi connectivity index (χ2n) is 7.70. The number of nitrogens with two attached hydrogens (primary N) is 1. The van der Waals surface area contributed by atoms with E-state index in [2.05, 4.69) is 34.9 Å². The van der Waals surface area contributed by atoms with Crippen LogP contribution in [-0.2, 0) is 4.79 Å². The standard InChI is InChI=1S/C17H27N3O3.C7H8/c1-13(2)23-16-12-14(4-5-15(16)22-3)20-10-8-19(9-11-20)7-6-17(18)21;1-7-5-3-2-4-6-7/h4-5,12-13H,6-11H2,1-3H3,(H2,18,21);2-6H,1H3. The van der Waals surface area contributed by atoms with Crippen molar-refractivity contribution in [2.24, 2.45) is 5.73 Å². The minimum Gasteiger partial charge on any atom is -0.493 e. The molecule has 0 radical (unpaired) electrons. The highest BCUT2D eigenvalue weighted by atomic mass is 16.5. The Morgan fingerprint density at radius 3 is 2.20 bits per heavy atom. The summed E-state index contributed by atoms with van der Waals surface area (Å²) in [4.78, 5) is 15.5. The first kappa shape index (κ1) is 23.5. The van der Waals surface area contributed by atoms with E-state index in [1.54, 1.807) is 7.11 Å². The molecule has 1 saturated heterocycles. The topological polar surface area (TPSA) is 68.0 Å². The van der Waals surface area contributed by atoms with Crippen LogP contribution in [0.4, 0.5) is 5.69 Å². The average Bonchev–Trinajstić information content (AvgIpc) is 2.73. The number of nitrogens with zero attached hydrogens (tertiary/aromatic N) is 2. The van der Waals surface area contributed by atoms with Gasteiger partial charge in [-0.15, -0.1) is 0 Å². The van der Waals surface area contributed by atoms with Gasteiger partial charge >= 0.3 is 0 Å². The van der Waals surface area contributed by atoms with E-state index in [4.69, 9.17) is 15.2 Å². The van der Waals surface area contributed by atoms with Crippen molar-refractivity contribution in [3.05, 3.63) is 54.1 Å². The number of benzene rings is 2. The number of hydrogen-bond donors (Lipinski definition) is 1. The molecular weight excluding hydrogens is 378 g/mol. The van der Waals surface area contributed by atoms with Crippen LogP contribution < -0.4 is 20.1 Å². The van der Waals surface area contributed by atoms with Gasteiger partial charge in [0.15, 0.2) is 11.5 Å². The number of carbonyl (C=O) groups is 1. The minimum absolute atomic E-state index is 0.102. The maximum atomic E-state index is 10.9. The summed E-state index contributed by atoms with van der Waals surface area (Å²) < 4.78 is 11.2. The SMILES string of the molecule is COc1ccc(N2CCN(CCC(N)=O)CC2)cc1OC(C)C.Cc1ccccc1. The average molecular weight is 414 g/mol. The summed E-state index contributed by atoms with van der Waals surface area (Å²) in [5, 5.41) is 0. The molecule has 6 nitrogen and oxygen atoms in total. The summed E-state index contributed by atoms with van der Waals surface area (Å²) in [7, 11) is 1.65. The molecule has 1 aliphatic rings.